The Morgan fingerprint density at radius 3 is 2.67 bits per heavy atom. The van der Waals surface area contributed by atoms with E-state index >= 15 is 0 Å². The highest BCUT2D eigenvalue weighted by Crippen LogP contribution is 2.29. The predicted octanol–water partition coefficient (Wildman–Crippen LogP) is 4.71. The van der Waals surface area contributed by atoms with Crippen LogP contribution >= 0.6 is 0 Å². The van der Waals surface area contributed by atoms with E-state index in [9.17, 15) is 9.59 Å². The molecule has 7 nitrogen and oxygen atoms in total. The highest BCUT2D eigenvalue weighted by molar-refractivity contribution is 6.11. The Kier molecular flexibility index (Phi) is 6.69. The van der Waals surface area contributed by atoms with Gasteiger partial charge in [-0.05, 0) is 30.2 Å². The molecule has 0 bridgehead atoms. The van der Waals surface area contributed by atoms with Crippen LogP contribution in [0, 0.1) is 0 Å². The molecule has 33 heavy (non-hydrogen) atoms. The predicted molar refractivity (Wildman–Crippen MR) is 127 cm³/mol. The number of rotatable bonds is 9. The second-order valence-corrected chi connectivity index (χ2v) is 7.53. The van der Waals surface area contributed by atoms with Crippen molar-refractivity contribution in [1.29, 1.82) is 0 Å². The summed E-state index contributed by atoms with van der Waals surface area (Å²) in [6.07, 6.45) is 5.12. The molecule has 4 aromatic rings. The number of aromatic nitrogens is 2. The van der Waals surface area contributed by atoms with Gasteiger partial charge in [0.15, 0.2) is 5.78 Å². The lowest BCUT2D eigenvalue weighted by Crippen LogP contribution is -2.21. The molecule has 1 atom stereocenters. The first kappa shape index (κ1) is 22.1. The van der Waals surface area contributed by atoms with Crippen LogP contribution in [0.15, 0.2) is 73.2 Å². The van der Waals surface area contributed by atoms with Crippen molar-refractivity contribution < 1.29 is 19.1 Å². The van der Waals surface area contributed by atoms with Crippen LogP contribution in [0.3, 0.4) is 0 Å². The highest BCUT2D eigenvalue weighted by Gasteiger charge is 2.25. The summed E-state index contributed by atoms with van der Waals surface area (Å²) in [4.78, 5) is 33.1. The van der Waals surface area contributed by atoms with Gasteiger partial charge in [0, 0.05) is 28.7 Å². The van der Waals surface area contributed by atoms with Crippen molar-refractivity contribution >= 4 is 28.3 Å². The number of ketones is 1. The average molecular weight is 444 g/mol. The van der Waals surface area contributed by atoms with Crippen molar-refractivity contribution in [2.45, 2.75) is 19.4 Å². The van der Waals surface area contributed by atoms with Crippen molar-refractivity contribution in [2.75, 3.05) is 19.0 Å². The number of carbonyl (C=O) groups excluding carboxylic acids is 2. The topological polar surface area (TPSA) is 93.3 Å². The van der Waals surface area contributed by atoms with Crippen LogP contribution in [0.25, 0.3) is 10.9 Å². The molecule has 0 saturated carbocycles. The quantitative estimate of drug-likeness (QED) is 0.287. The van der Waals surface area contributed by atoms with Gasteiger partial charge in [-0.15, -0.1) is 0 Å². The lowest BCUT2D eigenvalue weighted by atomic mass is 9.96. The largest absolute Gasteiger partial charge is 0.495 e. The van der Waals surface area contributed by atoms with Crippen molar-refractivity contribution in [1.82, 2.24) is 9.97 Å². The Balaban J connectivity index is 1.70. The first-order valence-electron chi connectivity index (χ1n) is 10.7. The number of methoxy groups -OCH3 is 1. The standard InChI is InChI=1S/C26H25N3O4/c1-3-33-24(30)12-17-9-10-23-21(11-17)22(16-28-23)26(31)25(18-7-5-4-6-8-18)29-19-13-20(32-2)15-27-14-19/h4-11,13-16,25,28-29H,3,12H2,1-2H3. The molecule has 0 aliphatic carbocycles. The Hall–Kier alpha value is -4.13. The van der Waals surface area contributed by atoms with E-state index in [-0.39, 0.29) is 18.2 Å². The molecule has 2 aromatic carbocycles. The number of benzene rings is 2. The molecule has 2 heterocycles. The maximum absolute atomic E-state index is 13.8. The van der Waals surface area contributed by atoms with E-state index in [1.54, 1.807) is 38.7 Å². The van der Waals surface area contributed by atoms with E-state index in [0.29, 0.717) is 23.6 Å². The van der Waals surface area contributed by atoms with Gasteiger partial charge in [-0.2, -0.15) is 0 Å². The zero-order valence-corrected chi connectivity index (χ0v) is 18.5. The third kappa shape index (κ3) is 5.03. The Morgan fingerprint density at radius 2 is 1.91 bits per heavy atom. The second-order valence-electron chi connectivity index (χ2n) is 7.53. The lowest BCUT2D eigenvalue weighted by molar-refractivity contribution is -0.142. The lowest BCUT2D eigenvalue weighted by Gasteiger charge is -2.19. The number of hydrogen-bond acceptors (Lipinski definition) is 6. The zero-order chi connectivity index (χ0) is 23.2. The molecule has 0 fully saturated rings. The summed E-state index contributed by atoms with van der Waals surface area (Å²) in [7, 11) is 1.57. The van der Waals surface area contributed by atoms with Gasteiger partial charge in [-0.3, -0.25) is 14.6 Å². The van der Waals surface area contributed by atoms with Crippen molar-refractivity contribution in [3.63, 3.8) is 0 Å². The maximum Gasteiger partial charge on any atom is 0.310 e. The molecule has 0 aliphatic rings. The van der Waals surface area contributed by atoms with Crippen molar-refractivity contribution in [3.05, 3.63) is 89.9 Å². The number of nitrogens with one attached hydrogen (secondary N) is 2. The molecule has 0 amide bonds. The molecule has 2 N–H and O–H groups in total. The minimum absolute atomic E-state index is 0.108. The van der Waals surface area contributed by atoms with Crippen LogP contribution in [0.5, 0.6) is 5.75 Å². The smallest absolute Gasteiger partial charge is 0.310 e. The van der Waals surface area contributed by atoms with E-state index in [4.69, 9.17) is 9.47 Å². The number of carbonyl (C=O) groups is 2. The fourth-order valence-corrected chi connectivity index (χ4v) is 3.74. The van der Waals surface area contributed by atoms with Crippen LogP contribution in [-0.2, 0) is 16.0 Å². The molecular weight excluding hydrogens is 418 g/mol. The summed E-state index contributed by atoms with van der Waals surface area (Å²) < 4.78 is 10.3. The Labute approximate surface area is 191 Å². The van der Waals surface area contributed by atoms with E-state index in [1.165, 1.54) is 0 Å². The highest BCUT2D eigenvalue weighted by atomic mass is 16.5. The fourth-order valence-electron chi connectivity index (χ4n) is 3.74. The van der Waals surface area contributed by atoms with Crippen molar-refractivity contribution in [3.8, 4) is 5.75 Å². The third-order valence-electron chi connectivity index (χ3n) is 5.32. The molecule has 0 saturated heterocycles. The maximum atomic E-state index is 13.8. The normalized spacial score (nSPS) is 11.7. The monoisotopic (exact) mass is 443 g/mol. The first-order chi connectivity index (χ1) is 16.1. The van der Waals surface area contributed by atoms with Gasteiger partial charge in [0.25, 0.3) is 0 Å². The SMILES string of the molecule is CCOC(=O)Cc1ccc2[nH]cc(C(=O)C(Nc3cncc(OC)c3)c3ccccc3)c2c1. The van der Waals surface area contributed by atoms with Crippen LogP contribution in [0.1, 0.15) is 34.5 Å². The summed E-state index contributed by atoms with van der Waals surface area (Å²) in [6, 6.07) is 16.3. The van der Waals surface area contributed by atoms with Crippen LogP contribution < -0.4 is 10.1 Å². The number of fused-ring (bicyclic) bond motifs is 1. The third-order valence-corrected chi connectivity index (χ3v) is 5.32. The number of ether oxygens (including phenoxy) is 2. The molecule has 4 rings (SSSR count). The van der Waals surface area contributed by atoms with Crippen LogP contribution in [0.4, 0.5) is 5.69 Å². The molecule has 7 heteroatoms. The number of hydrogen-bond donors (Lipinski definition) is 2. The van der Waals surface area contributed by atoms with Gasteiger partial charge in [-0.1, -0.05) is 36.4 Å². The summed E-state index contributed by atoms with van der Waals surface area (Å²) in [5.41, 5.74) is 3.63. The molecule has 0 radical (unpaired) electrons. The van der Waals surface area contributed by atoms with E-state index in [2.05, 4.69) is 15.3 Å². The van der Waals surface area contributed by atoms with Crippen molar-refractivity contribution in [2.24, 2.45) is 0 Å². The van der Waals surface area contributed by atoms with Crippen LogP contribution in [-0.4, -0.2) is 35.4 Å². The number of anilines is 1. The molecule has 0 spiro atoms. The number of H-pyrrole nitrogens is 1. The number of aromatic amines is 1. The molecule has 0 aliphatic heterocycles. The molecule has 2 aromatic heterocycles. The Bertz CT molecular complexity index is 1270. The number of nitrogens with zero attached hydrogens (tertiary/aromatic N) is 1. The van der Waals surface area contributed by atoms with Gasteiger partial charge in [0.05, 0.1) is 38.2 Å². The minimum Gasteiger partial charge on any atom is -0.495 e. The van der Waals surface area contributed by atoms with Gasteiger partial charge >= 0.3 is 5.97 Å². The van der Waals surface area contributed by atoms with E-state index in [0.717, 1.165) is 22.0 Å². The summed E-state index contributed by atoms with van der Waals surface area (Å²) in [5, 5.41) is 4.06. The Morgan fingerprint density at radius 1 is 1.09 bits per heavy atom. The summed E-state index contributed by atoms with van der Waals surface area (Å²) in [6.45, 7) is 2.11. The summed E-state index contributed by atoms with van der Waals surface area (Å²) in [5.74, 6) is 0.188. The summed E-state index contributed by atoms with van der Waals surface area (Å²) >= 11 is 0. The molecular formula is C26H25N3O4. The fraction of sp³-hybridized carbons (Fsp3) is 0.192. The average Bonchev–Trinajstić information content (AvgIpc) is 3.26. The van der Waals surface area contributed by atoms with Gasteiger partial charge < -0.3 is 19.8 Å². The van der Waals surface area contributed by atoms with Gasteiger partial charge in [0.2, 0.25) is 0 Å². The van der Waals surface area contributed by atoms with Gasteiger partial charge in [-0.25, -0.2) is 0 Å². The van der Waals surface area contributed by atoms with E-state index < -0.39 is 6.04 Å². The number of esters is 1. The molecule has 168 valence electrons. The van der Waals surface area contributed by atoms with Crippen LogP contribution in [0.2, 0.25) is 0 Å². The first-order valence-corrected chi connectivity index (χ1v) is 10.7. The van der Waals surface area contributed by atoms with Gasteiger partial charge in [0.1, 0.15) is 11.8 Å². The second kappa shape index (κ2) is 9.99. The number of Topliss-reactive ketones (excluding diaryl/α,β-unsaturated/α-hetero) is 1. The number of pyridine rings is 1. The zero-order valence-electron chi connectivity index (χ0n) is 18.5. The van der Waals surface area contributed by atoms with E-state index in [1.807, 2.05) is 48.5 Å². The minimum atomic E-state index is -0.646. The molecule has 1 unspecified atom stereocenters.